The zero-order valence-electron chi connectivity index (χ0n) is 9.56. The van der Waals surface area contributed by atoms with Gasteiger partial charge in [-0.15, -0.1) is 0 Å². The van der Waals surface area contributed by atoms with Crippen LogP contribution in [0.4, 0.5) is 5.69 Å². The van der Waals surface area contributed by atoms with Gasteiger partial charge in [0.15, 0.2) is 0 Å². The van der Waals surface area contributed by atoms with Crippen molar-refractivity contribution in [3.05, 3.63) is 23.8 Å². The molecular weight excluding hydrogens is 222 g/mol. The summed E-state index contributed by atoms with van der Waals surface area (Å²) < 4.78 is 0. The second-order valence-corrected chi connectivity index (χ2v) is 3.74. The van der Waals surface area contributed by atoms with Crippen molar-refractivity contribution >= 4 is 17.6 Å². The minimum atomic E-state index is -0.859. The molecule has 0 aliphatic rings. The molecule has 17 heavy (non-hydrogen) atoms. The van der Waals surface area contributed by atoms with E-state index in [0.717, 1.165) is 0 Å². The summed E-state index contributed by atoms with van der Waals surface area (Å²) in [6.45, 7) is 1.36. The van der Waals surface area contributed by atoms with Gasteiger partial charge in [-0.05, 0) is 24.5 Å². The molecule has 1 rings (SSSR count). The van der Waals surface area contributed by atoms with E-state index in [0.29, 0.717) is 24.1 Å². The lowest BCUT2D eigenvalue weighted by atomic mass is 10.1. The molecule has 0 saturated carbocycles. The summed E-state index contributed by atoms with van der Waals surface area (Å²) in [6.07, 6.45) is 0.974. The predicted octanol–water partition coefficient (Wildman–Crippen LogP) is 1.76. The van der Waals surface area contributed by atoms with Crippen molar-refractivity contribution in [2.24, 2.45) is 0 Å². The third kappa shape index (κ3) is 4.14. The number of phenols is 1. The molecule has 0 radical (unpaired) electrons. The molecule has 92 valence electrons. The molecule has 0 spiro atoms. The van der Waals surface area contributed by atoms with Crippen LogP contribution in [0.1, 0.15) is 25.3 Å². The number of carbonyl (C=O) groups is 2. The molecule has 0 heterocycles. The first-order chi connectivity index (χ1) is 8.00. The summed E-state index contributed by atoms with van der Waals surface area (Å²) in [5, 5.41) is 20.9. The van der Waals surface area contributed by atoms with Crippen molar-refractivity contribution in [1.29, 1.82) is 0 Å². The van der Waals surface area contributed by atoms with E-state index in [1.165, 1.54) is 6.92 Å². The molecule has 0 aliphatic carbocycles. The molecule has 1 aromatic rings. The number of rotatable bonds is 5. The molecule has 5 heteroatoms. The smallest absolute Gasteiger partial charge is 0.303 e. The fourth-order valence-electron chi connectivity index (χ4n) is 1.51. The monoisotopic (exact) mass is 237 g/mol. The van der Waals surface area contributed by atoms with Crippen LogP contribution in [0.15, 0.2) is 18.2 Å². The van der Waals surface area contributed by atoms with E-state index in [4.69, 9.17) is 5.11 Å². The van der Waals surface area contributed by atoms with Crippen molar-refractivity contribution < 1.29 is 19.8 Å². The van der Waals surface area contributed by atoms with Gasteiger partial charge in [0, 0.05) is 13.3 Å². The first-order valence-corrected chi connectivity index (χ1v) is 5.31. The van der Waals surface area contributed by atoms with Crippen molar-refractivity contribution in [2.75, 3.05) is 5.32 Å². The van der Waals surface area contributed by atoms with Crippen LogP contribution in [0.5, 0.6) is 5.75 Å². The Bertz CT molecular complexity index is 429. The highest BCUT2D eigenvalue weighted by molar-refractivity contribution is 5.90. The van der Waals surface area contributed by atoms with Crippen molar-refractivity contribution in [3.8, 4) is 5.75 Å². The normalized spacial score (nSPS) is 9.94. The number of benzene rings is 1. The van der Waals surface area contributed by atoms with E-state index in [2.05, 4.69) is 5.32 Å². The number of aryl methyl sites for hydroxylation is 1. The summed E-state index contributed by atoms with van der Waals surface area (Å²) in [5.74, 6) is -1.11. The SMILES string of the molecule is CC(=O)Nc1cccc(CCCC(=O)O)c1O. The third-order valence-electron chi connectivity index (χ3n) is 2.27. The number of amides is 1. The number of carboxylic acid groups (broad SMARTS) is 1. The molecule has 0 atom stereocenters. The Morgan fingerprint density at radius 2 is 2.06 bits per heavy atom. The van der Waals surface area contributed by atoms with Gasteiger partial charge in [0.05, 0.1) is 5.69 Å². The first kappa shape index (κ1) is 13.0. The van der Waals surface area contributed by atoms with Crippen molar-refractivity contribution in [2.45, 2.75) is 26.2 Å². The highest BCUT2D eigenvalue weighted by atomic mass is 16.4. The molecule has 0 bridgehead atoms. The average Bonchev–Trinajstić information content (AvgIpc) is 2.22. The van der Waals surface area contributed by atoms with Crippen LogP contribution in [0.3, 0.4) is 0 Å². The topological polar surface area (TPSA) is 86.6 Å². The molecule has 0 fully saturated rings. The maximum atomic E-state index is 10.9. The molecule has 0 unspecified atom stereocenters. The van der Waals surface area contributed by atoms with E-state index in [1.54, 1.807) is 18.2 Å². The maximum absolute atomic E-state index is 10.9. The van der Waals surface area contributed by atoms with Gasteiger partial charge < -0.3 is 15.5 Å². The predicted molar refractivity (Wildman–Crippen MR) is 63.0 cm³/mol. The van der Waals surface area contributed by atoms with E-state index in [9.17, 15) is 14.7 Å². The zero-order valence-corrected chi connectivity index (χ0v) is 9.56. The molecule has 1 aromatic carbocycles. The Morgan fingerprint density at radius 3 is 2.65 bits per heavy atom. The molecule has 1 amide bonds. The standard InChI is InChI=1S/C12H15NO4/c1-8(14)13-10-6-2-4-9(12(10)17)5-3-7-11(15)16/h2,4,6,17H,3,5,7H2,1H3,(H,13,14)(H,15,16). The van der Waals surface area contributed by atoms with Gasteiger partial charge >= 0.3 is 5.97 Å². The highest BCUT2D eigenvalue weighted by Gasteiger charge is 2.08. The second-order valence-electron chi connectivity index (χ2n) is 3.74. The van der Waals surface area contributed by atoms with Gasteiger partial charge in [0.2, 0.25) is 5.91 Å². The number of hydrogen-bond acceptors (Lipinski definition) is 3. The average molecular weight is 237 g/mol. The Labute approximate surface area is 99.1 Å². The summed E-state index contributed by atoms with van der Waals surface area (Å²) in [7, 11) is 0. The maximum Gasteiger partial charge on any atom is 0.303 e. The van der Waals surface area contributed by atoms with Crippen molar-refractivity contribution in [3.63, 3.8) is 0 Å². The molecule has 3 N–H and O–H groups in total. The van der Waals surface area contributed by atoms with Gasteiger partial charge in [-0.3, -0.25) is 9.59 Å². The third-order valence-corrected chi connectivity index (χ3v) is 2.27. The largest absolute Gasteiger partial charge is 0.505 e. The minimum absolute atomic E-state index is 0.00749. The Balaban J connectivity index is 2.72. The minimum Gasteiger partial charge on any atom is -0.505 e. The fraction of sp³-hybridized carbons (Fsp3) is 0.333. The number of aromatic hydroxyl groups is 1. The van der Waals surface area contributed by atoms with Gasteiger partial charge in [-0.25, -0.2) is 0 Å². The van der Waals surface area contributed by atoms with Crippen LogP contribution in [0, 0.1) is 0 Å². The Morgan fingerprint density at radius 1 is 1.35 bits per heavy atom. The van der Waals surface area contributed by atoms with E-state index in [-0.39, 0.29) is 18.1 Å². The summed E-state index contributed by atoms with van der Waals surface area (Å²) >= 11 is 0. The van der Waals surface area contributed by atoms with Crippen LogP contribution in [0.25, 0.3) is 0 Å². The molecule has 0 saturated heterocycles. The highest BCUT2D eigenvalue weighted by Crippen LogP contribution is 2.28. The number of hydrogen-bond donors (Lipinski definition) is 3. The number of para-hydroxylation sites is 1. The number of carboxylic acids is 1. The van der Waals surface area contributed by atoms with Gasteiger partial charge in [-0.2, -0.15) is 0 Å². The van der Waals surface area contributed by atoms with Gasteiger partial charge in [-0.1, -0.05) is 12.1 Å². The fourth-order valence-corrected chi connectivity index (χ4v) is 1.51. The lowest BCUT2D eigenvalue weighted by Gasteiger charge is -2.09. The number of phenolic OH excluding ortho intramolecular Hbond substituents is 1. The molecular formula is C12H15NO4. The Kier molecular flexibility index (Phi) is 4.51. The number of anilines is 1. The van der Waals surface area contributed by atoms with Crippen LogP contribution >= 0.6 is 0 Å². The van der Waals surface area contributed by atoms with Gasteiger partial charge in [0.1, 0.15) is 5.75 Å². The quantitative estimate of drug-likeness (QED) is 0.681. The molecule has 0 aromatic heterocycles. The van der Waals surface area contributed by atoms with Crippen LogP contribution in [-0.4, -0.2) is 22.1 Å². The second kappa shape index (κ2) is 5.89. The van der Waals surface area contributed by atoms with Crippen LogP contribution < -0.4 is 5.32 Å². The zero-order chi connectivity index (χ0) is 12.8. The van der Waals surface area contributed by atoms with E-state index in [1.807, 2.05) is 0 Å². The van der Waals surface area contributed by atoms with E-state index < -0.39 is 5.97 Å². The lowest BCUT2D eigenvalue weighted by Crippen LogP contribution is -2.06. The van der Waals surface area contributed by atoms with Gasteiger partial charge in [0.25, 0.3) is 0 Å². The van der Waals surface area contributed by atoms with Crippen molar-refractivity contribution in [1.82, 2.24) is 0 Å². The number of aliphatic carboxylic acids is 1. The summed E-state index contributed by atoms with van der Waals surface area (Å²) in [4.78, 5) is 21.2. The van der Waals surface area contributed by atoms with E-state index >= 15 is 0 Å². The van der Waals surface area contributed by atoms with Crippen LogP contribution in [-0.2, 0) is 16.0 Å². The number of nitrogens with one attached hydrogen (secondary N) is 1. The summed E-state index contributed by atoms with van der Waals surface area (Å²) in [5.41, 5.74) is 0.989. The Hall–Kier alpha value is -2.04. The number of carbonyl (C=O) groups excluding carboxylic acids is 1. The first-order valence-electron chi connectivity index (χ1n) is 5.31. The van der Waals surface area contributed by atoms with Crippen LogP contribution in [0.2, 0.25) is 0 Å². The summed E-state index contributed by atoms with van der Waals surface area (Å²) in [6, 6.07) is 5.01. The molecule has 0 aliphatic heterocycles. The molecule has 5 nitrogen and oxygen atoms in total. The lowest BCUT2D eigenvalue weighted by molar-refractivity contribution is -0.137.